The van der Waals surface area contributed by atoms with Crippen LogP contribution >= 0.6 is 0 Å². The van der Waals surface area contributed by atoms with E-state index in [1.165, 1.54) is 29.0 Å². The van der Waals surface area contributed by atoms with Gasteiger partial charge in [0.2, 0.25) is 10.0 Å². The number of halogens is 3. The Labute approximate surface area is 198 Å². The third-order valence-electron chi connectivity index (χ3n) is 7.53. The lowest BCUT2D eigenvalue weighted by atomic mass is 10.0. The smallest absolute Gasteiger partial charge is 0.270 e. The van der Waals surface area contributed by atoms with Crippen LogP contribution in [0.3, 0.4) is 0 Å². The highest BCUT2D eigenvalue weighted by atomic mass is 32.2. The molecule has 5 rings (SSSR count). The molecule has 2 saturated carbocycles. The first-order chi connectivity index (χ1) is 16.0. The maximum Gasteiger partial charge on any atom is 0.270 e. The molecule has 2 aromatic rings. The minimum absolute atomic E-state index is 0.0514. The number of benzene rings is 1. The van der Waals surface area contributed by atoms with Gasteiger partial charge in [-0.2, -0.15) is 0 Å². The van der Waals surface area contributed by atoms with E-state index in [0.717, 1.165) is 38.2 Å². The monoisotopic (exact) mass is 494 g/mol. The molecule has 2 atom stereocenters. The SMILES string of the molecule is CC(F)(F)c1ccc(CN(c2ncnc(CC3CC34CCN(S(C)(=O)=O)C4)c2F)C2CC2)cc1. The molecule has 0 radical (unpaired) electrons. The van der Waals surface area contributed by atoms with Crippen LogP contribution in [0.25, 0.3) is 0 Å². The average molecular weight is 495 g/mol. The van der Waals surface area contributed by atoms with Crippen LogP contribution in [-0.4, -0.2) is 48.1 Å². The topological polar surface area (TPSA) is 66.4 Å². The van der Waals surface area contributed by atoms with Gasteiger partial charge in [-0.25, -0.2) is 35.9 Å². The van der Waals surface area contributed by atoms with Gasteiger partial charge >= 0.3 is 0 Å². The molecule has 2 unspecified atom stereocenters. The fraction of sp³-hybridized carbons (Fsp3) is 0.583. The van der Waals surface area contributed by atoms with Gasteiger partial charge < -0.3 is 4.90 Å². The summed E-state index contributed by atoms with van der Waals surface area (Å²) in [5, 5.41) is 0. The lowest BCUT2D eigenvalue weighted by molar-refractivity contribution is 0.0174. The van der Waals surface area contributed by atoms with Crippen LogP contribution < -0.4 is 4.90 Å². The number of anilines is 1. The van der Waals surface area contributed by atoms with Gasteiger partial charge in [-0.3, -0.25) is 0 Å². The number of rotatable bonds is 8. The van der Waals surface area contributed by atoms with Crippen molar-refractivity contribution in [2.75, 3.05) is 24.2 Å². The van der Waals surface area contributed by atoms with Crippen LogP contribution in [0.5, 0.6) is 0 Å². The molecule has 1 aromatic carbocycles. The van der Waals surface area contributed by atoms with Crippen molar-refractivity contribution in [1.29, 1.82) is 0 Å². The summed E-state index contributed by atoms with van der Waals surface area (Å²) >= 11 is 0. The molecular formula is C24H29F3N4O2S. The molecule has 34 heavy (non-hydrogen) atoms. The van der Waals surface area contributed by atoms with Crippen molar-refractivity contribution in [1.82, 2.24) is 14.3 Å². The molecule has 0 N–H and O–H groups in total. The van der Waals surface area contributed by atoms with Gasteiger partial charge in [-0.15, -0.1) is 0 Å². The van der Waals surface area contributed by atoms with Crippen molar-refractivity contribution < 1.29 is 21.6 Å². The molecule has 3 aliphatic rings. The van der Waals surface area contributed by atoms with Gasteiger partial charge in [0, 0.05) is 38.2 Å². The zero-order valence-corrected chi connectivity index (χ0v) is 20.2. The number of hydrogen-bond donors (Lipinski definition) is 0. The Bertz CT molecular complexity index is 1180. The molecule has 184 valence electrons. The van der Waals surface area contributed by atoms with E-state index in [1.54, 1.807) is 12.1 Å². The van der Waals surface area contributed by atoms with Crippen molar-refractivity contribution in [3.63, 3.8) is 0 Å². The molecule has 1 aliphatic heterocycles. The highest BCUT2D eigenvalue weighted by Gasteiger charge is 2.58. The van der Waals surface area contributed by atoms with E-state index in [1.807, 2.05) is 4.90 Å². The maximum atomic E-state index is 15.6. The molecule has 2 heterocycles. The van der Waals surface area contributed by atoms with Gasteiger partial charge in [-0.05, 0) is 49.0 Å². The number of nitrogens with zero attached hydrogens (tertiary/aromatic N) is 4. The summed E-state index contributed by atoms with van der Waals surface area (Å²) < 4.78 is 67.9. The minimum Gasteiger partial charge on any atom is -0.347 e. The number of hydrogen-bond acceptors (Lipinski definition) is 5. The minimum atomic E-state index is -3.21. The van der Waals surface area contributed by atoms with Gasteiger partial charge in [-0.1, -0.05) is 24.3 Å². The molecular weight excluding hydrogens is 465 g/mol. The normalized spacial score (nSPS) is 25.1. The second kappa shape index (κ2) is 8.19. The van der Waals surface area contributed by atoms with Crippen LogP contribution in [0.2, 0.25) is 0 Å². The Balaban J connectivity index is 1.31. The second-order valence-electron chi connectivity index (χ2n) is 10.2. The van der Waals surface area contributed by atoms with E-state index in [2.05, 4.69) is 9.97 Å². The fourth-order valence-corrected chi connectivity index (χ4v) is 6.11. The van der Waals surface area contributed by atoms with Gasteiger partial charge in [0.25, 0.3) is 5.92 Å². The molecule has 2 aliphatic carbocycles. The van der Waals surface area contributed by atoms with E-state index in [4.69, 9.17) is 0 Å². The van der Waals surface area contributed by atoms with Crippen molar-refractivity contribution >= 4 is 15.8 Å². The quantitative estimate of drug-likeness (QED) is 0.553. The van der Waals surface area contributed by atoms with E-state index in [-0.39, 0.29) is 28.8 Å². The number of aromatic nitrogens is 2. The van der Waals surface area contributed by atoms with Crippen LogP contribution in [0.1, 0.15) is 49.4 Å². The summed E-state index contributed by atoms with van der Waals surface area (Å²) in [4.78, 5) is 10.4. The number of alkyl halides is 2. The summed E-state index contributed by atoms with van der Waals surface area (Å²) in [5.41, 5.74) is 1.05. The first-order valence-corrected chi connectivity index (χ1v) is 13.5. The van der Waals surface area contributed by atoms with Crippen LogP contribution in [-0.2, 0) is 28.9 Å². The third kappa shape index (κ3) is 4.66. The van der Waals surface area contributed by atoms with Crippen molar-refractivity contribution in [2.24, 2.45) is 11.3 Å². The molecule has 1 spiro atoms. The molecule has 10 heteroatoms. The average Bonchev–Trinajstić information content (AvgIpc) is 3.65. The Hall–Kier alpha value is -2.20. The van der Waals surface area contributed by atoms with Crippen LogP contribution in [0.15, 0.2) is 30.6 Å². The Morgan fingerprint density at radius 1 is 1.21 bits per heavy atom. The first kappa shape index (κ1) is 23.5. The Morgan fingerprint density at radius 3 is 2.50 bits per heavy atom. The highest BCUT2D eigenvalue weighted by molar-refractivity contribution is 7.88. The van der Waals surface area contributed by atoms with Crippen molar-refractivity contribution in [2.45, 2.75) is 57.5 Å². The summed E-state index contributed by atoms with van der Waals surface area (Å²) in [6.07, 6.45) is 6.60. The fourth-order valence-electron chi connectivity index (χ4n) is 5.19. The Morgan fingerprint density at radius 2 is 1.91 bits per heavy atom. The third-order valence-corrected chi connectivity index (χ3v) is 8.78. The predicted molar refractivity (Wildman–Crippen MR) is 122 cm³/mol. The Kier molecular flexibility index (Phi) is 5.67. The van der Waals surface area contributed by atoms with E-state index in [0.29, 0.717) is 31.7 Å². The zero-order valence-electron chi connectivity index (χ0n) is 19.3. The van der Waals surface area contributed by atoms with Crippen molar-refractivity contribution in [3.8, 4) is 0 Å². The maximum absolute atomic E-state index is 15.6. The van der Waals surface area contributed by atoms with E-state index in [9.17, 15) is 17.2 Å². The van der Waals surface area contributed by atoms with E-state index >= 15 is 4.39 Å². The molecule has 6 nitrogen and oxygen atoms in total. The van der Waals surface area contributed by atoms with Gasteiger partial charge in [0.15, 0.2) is 11.6 Å². The molecule has 1 saturated heterocycles. The lowest BCUT2D eigenvalue weighted by Gasteiger charge is -2.25. The molecule has 3 fully saturated rings. The number of sulfonamides is 1. The summed E-state index contributed by atoms with van der Waals surface area (Å²) in [6.45, 7) is 2.26. The summed E-state index contributed by atoms with van der Waals surface area (Å²) in [6, 6.07) is 6.30. The van der Waals surface area contributed by atoms with Gasteiger partial charge in [0.05, 0.1) is 11.9 Å². The molecule has 1 aromatic heterocycles. The van der Waals surface area contributed by atoms with Gasteiger partial charge in [0.1, 0.15) is 6.33 Å². The standard InChI is InChI=1S/C24H29F3N4O2S/c1-23(26,27)17-5-3-16(4-6-17)13-31(19-7-8-19)22-21(25)20(28-15-29-22)11-18-12-24(18)9-10-30(14-24)34(2,32)33/h3-6,15,18-19H,7-14H2,1-2H3. The summed E-state index contributed by atoms with van der Waals surface area (Å²) in [7, 11) is -3.21. The first-order valence-electron chi connectivity index (χ1n) is 11.6. The largest absolute Gasteiger partial charge is 0.347 e. The highest BCUT2D eigenvalue weighted by Crippen LogP contribution is 2.60. The molecule has 0 amide bonds. The van der Waals surface area contributed by atoms with Crippen molar-refractivity contribution in [3.05, 3.63) is 53.2 Å². The van der Waals surface area contributed by atoms with Crippen LogP contribution in [0.4, 0.5) is 19.0 Å². The summed E-state index contributed by atoms with van der Waals surface area (Å²) in [5.74, 6) is -2.89. The van der Waals surface area contributed by atoms with E-state index < -0.39 is 21.8 Å². The zero-order chi connectivity index (χ0) is 24.3. The lowest BCUT2D eigenvalue weighted by Crippen LogP contribution is -2.28. The second-order valence-corrected chi connectivity index (χ2v) is 12.2. The predicted octanol–water partition coefficient (Wildman–Crippen LogP) is 4.11. The van der Waals surface area contributed by atoms with Crippen LogP contribution in [0, 0.1) is 17.2 Å². The molecule has 0 bridgehead atoms.